The zero-order valence-corrected chi connectivity index (χ0v) is 9.21. The second-order valence-corrected chi connectivity index (χ2v) is 3.40. The van der Waals surface area contributed by atoms with Crippen molar-refractivity contribution in [2.75, 3.05) is 5.33 Å². The lowest BCUT2D eigenvalue weighted by atomic mass is 10.3. The van der Waals surface area contributed by atoms with Gasteiger partial charge in [-0.05, 0) is 6.42 Å². The molecule has 1 amide bonds. The van der Waals surface area contributed by atoms with Crippen LogP contribution in [0.3, 0.4) is 0 Å². The van der Waals surface area contributed by atoms with E-state index in [0.717, 1.165) is 0 Å². The third-order valence-electron chi connectivity index (χ3n) is 1.32. The monoisotopic (exact) mass is 265 g/mol. The molecular formula is C8H12BrNO4. The highest BCUT2D eigenvalue weighted by Gasteiger charge is 2.10. The van der Waals surface area contributed by atoms with E-state index in [-0.39, 0.29) is 19.3 Å². The molecule has 14 heavy (non-hydrogen) atoms. The first-order chi connectivity index (χ1) is 6.56. The average Bonchev–Trinajstić information content (AvgIpc) is 2.11. The lowest BCUT2D eigenvalue weighted by Gasteiger charge is -2.00. The molecule has 0 saturated heterocycles. The SMILES string of the molecule is NC(=O)CCC(=O)OC(=O)CCCBr. The van der Waals surface area contributed by atoms with E-state index >= 15 is 0 Å². The minimum Gasteiger partial charge on any atom is -0.393 e. The Hall–Kier alpha value is -0.910. The van der Waals surface area contributed by atoms with Gasteiger partial charge in [0.15, 0.2) is 0 Å². The summed E-state index contributed by atoms with van der Waals surface area (Å²) in [5.74, 6) is -1.86. The second-order valence-electron chi connectivity index (χ2n) is 2.60. The number of rotatable bonds is 6. The summed E-state index contributed by atoms with van der Waals surface area (Å²) in [4.78, 5) is 32.0. The zero-order valence-electron chi connectivity index (χ0n) is 7.62. The van der Waals surface area contributed by atoms with Crippen molar-refractivity contribution >= 4 is 33.8 Å². The third kappa shape index (κ3) is 7.72. The van der Waals surface area contributed by atoms with Gasteiger partial charge in [-0.3, -0.25) is 14.4 Å². The molecule has 0 aromatic heterocycles. The number of alkyl halides is 1. The molecule has 0 radical (unpaired) electrons. The number of nitrogens with two attached hydrogens (primary N) is 1. The molecule has 0 aliphatic rings. The van der Waals surface area contributed by atoms with Crippen molar-refractivity contribution in [2.45, 2.75) is 25.7 Å². The van der Waals surface area contributed by atoms with Crippen LogP contribution < -0.4 is 5.73 Å². The minimum absolute atomic E-state index is 0.0927. The number of esters is 2. The van der Waals surface area contributed by atoms with Gasteiger partial charge in [0.2, 0.25) is 5.91 Å². The predicted octanol–water partition coefficient (Wildman–Crippen LogP) is 0.497. The van der Waals surface area contributed by atoms with Crippen molar-refractivity contribution in [2.24, 2.45) is 5.73 Å². The summed E-state index contributed by atoms with van der Waals surface area (Å²) in [5, 5.41) is 0.678. The molecule has 0 saturated carbocycles. The predicted molar refractivity (Wildman–Crippen MR) is 52.6 cm³/mol. The average molecular weight is 266 g/mol. The normalized spacial score (nSPS) is 9.50. The Morgan fingerprint density at radius 3 is 2.14 bits per heavy atom. The van der Waals surface area contributed by atoms with Crippen molar-refractivity contribution in [1.29, 1.82) is 0 Å². The molecular weight excluding hydrogens is 254 g/mol. The Kier molecular flexibility index (Phi) is 7.00. The molecule has 0 atom stereocenters. The maximum Gasteiger partial charge on any atom is 0.313 e. The quantitative estimate of drug-likeness (QED) is 0.430. The summed E-state index contributed by atoms with van der Waals surface area (Å²) in [6.45, 7) is 0. The molecule has 0 spiro atoms. The van der Waals surface area contributed by atoms with E-state index in [1.807, 2.05) is 0 Å². The van der Waals surface area contributed by atoms with E-state index in [2.05, 4.69) is 20.7 Å². The van der Waals surface area contributed by atoms with Gasteiger partial charge in [0.25, 0.3) is 0 Å². The largest absolute Gasteiger partial charge is 0.393 e. The molecule has 6 heteroatoms. The molecule has 0 fully saturated rings. The maximum atomic E-state index is 10.9. The van der Waals surface area contributed by atoms with Gasteiger partial charge in [0.05, 0.1) is 6.42 Å². The zero-order chi connectivity index (χ0) is 11.0. The molecule has 0 bridgehead atoms. The Morgan fingerprint density at radius 1 is 1.07 bits per heavy atom. The number of halogens is 1. The fourth-order valence-corrected chi connectivity index (χ4v) is 0.946. The summed E-state index contributed by atoms with van der Waals surface area (Å²) in [7, 11) is 0. The Labute approximate surface area is 90.1 Å². The first kappa shape index (κ1) is 13.1. The van der Waals surface area contributed by atoms with Crippen LogP contribution in [0.15, 0.2) is 0 Å². The van der Waals surface area contributed by atoms with Crippen LogP contribution in [0.5, 0.6) is 0 Å². The molecule has 0 rings (SSSR count). The van der Waals surface area contributed by atoms with Gasteiger partial charge in [0.1, 0.15) is 0 Å². The maximum absolute atomic E-state index is 10.9. The molecule has 0 aromatic rings. The highest BCUT2D eigenvalue weighted by atomic mass is 79.9. The van der Waals surface area contributed by atoms with Crippen LogP contribution in [0.2, 0.25) is 0 Å². The lowest BCUT2D eigenvalue weighted by Crippen LogP contribution is -2.16. The van der Waals surface area contributed by atoms with Gasteiger partial charge in [-0.25, -0.2) is 0 Å². The summed E-state index contributed by atoms with van der Waals surface area (Å²) in [6, 6.07) is 0. The van der Waals surface area contributed by atoms with E-state index in [1.54, 1.807) is 0 Å². The van der Waals surface area contributed by atoms with E-state index in [1.165, 1.54) is 0 Å². The van der Waals surface area contributed by atoms with Crippen molar-refractivity contribution in [3.05, 3.63) is 0 Å². The molecule has 0 aromatic carbocycles. The molecule has 80 valence electrons. The number of hydrogen-bond acceptors (Lipinski definition) is 4. The molecule has 0 aliphatic carbocycles. The van der Waals surface area contributed by atoms with Gasteiger partial charge >= 0.3 is 11.9 Å². The first-order valence-corrected chi connectivity index (χ1v) is 5.26. The van der Waals surface area contributed by atoms with Gasteiger partial charge in [-0.2, -0.15) is 0 Å². The highest BCUT2D eigenvalue weighted by Crippen LogP contribution is 1.99. The van der Waals surface area contributed by atoms with E-state index < -0.39 is 17.8 Å². The van der Waals surface area contributed by atoms with E-state index in [4.69, 9.17) is 5.73 Å². The number of hydrogen-bond donors (Lipinski definition) is 1. The van der Waals surface area contributed by atoms with Crippen LogP contribution in [0, 0.1) is 0 Å². The topological polar surface area (TPSA) is 86.5 Å². The van der Waals surface area contributed by atoms with Crippen molar-refractivity contribution in [3.63, 3.8) is 0 Å². The number of primary amides is 1. The van der Waals surface area contributed by atoms with Crippen molar-refractivity contribution in [3.8, 4) is 0 Å². The molecule has 0 heterocycles. The third-order valence-corrected chi connectivity index (χ3v) is 1.88. The summed E-state index contributed by atoms with van der Waals surface area (Å²) in [6.07, 6.45) is 0.565. The Bertz CT molecular complexity index is 229. The highest BCUT2D eigenvalue weighted by molar-refractivity contribution is 9.09. The molecule has 5 nitrogen and oxygen atoms in total. The summed E-state index contributed by atoms with van der Waals surface area (Å²) < 4.78 is 4.40. The van der Waals surface area contributed by atoms with Gasteiger partial charge in [-0.15, -0.1) is 0 Å². The van der Waals surface area contributed by atoms with E-state index in [9.17, 15) is 14.4 Å². The van der Waals surface area contributed by atoms with Gasteiger partial charge < -0.3 is 10.5 Å². The van der Waals surface area contributed by atoms with Crippen LogP contribution in [0.1, 0.15) is 25.7 Å². The van der Waals surface area contributed by atoms with Crippen molar-refractivity contribution < 1.29 is 19.1 Å². The van der Waals surface area contributed by atoms with Crippen LogP contribution in [-0.2, 0) is 19.1 Å². The van der Waals surface area contributed by atoms with Crippen LogP contribution >= 0.6 is 15.9 Å². The summed E-state index contributed by atoms with van der Waals surface area (Å²) in [5.41, 5.74) is 4.81. The molecule has 0 unspecified atom stereocenters. The van der Waals surface area contributed by atoms with Gasteiger partial charge in [-0.1, -0.05) is 15.9 Å². The Balaban J connectivity index is 3.60. The first-order valence-electron chi connectivity index (χ1n) is 4.14. The van der Waals surface area contributed by atoms with Crippen LogP contribution in [0.25, 0.3) is 0 Å². The molecule has 2 N–H and O–H groups in total. The van der Waals surface area contributed by atoms with Crippen molar-refractivity contribution in [1.82, 2.24) is 0 Å². The fraction of sp³-hybridized carbons (Fsp3) is 0.625. The number of carbonyl (C=O) groups is 3. The van der Waals surface area contributed by atoms with Crippen LogP contribution in [-0.4, -0.2) is 23.2 Å². The standard InChI is InChI=1S/C8H12BrNO4/c9-5-1-2-7(12)14-8(13)4-3-6(10)11/h1-5H2,(H2,10,11). The lowest BCUT2D eigenvalue weighted by molar-refractivity contribution is -0.160. The fourth-order valence-electron chi connectivity index (χ4n) is 0.665. The minimum atomic E-state index is -0.705. The van der Waals surface area contributed by atoms with E-state index in [0.29, 0.717) is 11.8 Å². The number of carbonyl (C=O) groups excluding carboxylic acids is 3. The second kappa shape index (κ2) is 7.49. The van der Waals surface area contributed by atoms with Crippen LogP contribution in [0.4, 0.5) is 0 Å². The summed E-state index contributed by atoms with van der Waals surface area (Å²) >= 11 is 3.14. The molecule has 0 aliphatic heterocycles. The Morgan fingerprint density at radius 2 is 1.64 bits per heavy atom. The number of ether oxygens (including phenoxy) is 1. The number of amides is 1. The smallest absolute Gasteiger partial charge is 0.313 e. The van der Waals surface area contributed by atoms with Gasteiger partial charge in [0, 0.05) is 18.2 Å².